The molecule has 2 saturated heterocycles. The van der Waals surface area contributed by atoms with E-state index in [-0.39, 0.29) is 0 Å². The fourth-order valence-corrected chi connectivity index (χ4v) is 4.95. The summed E-state index contributed by atoms with van der Waals surface area (Å²) in [6.07, 6.45) is 12.7. The highest BCUT2D eigenvalue weighted by Crippen LogP contribution is 2.41. The van der Waals surface area contributed by atoms with Gasteiger partial charge in [-0.05, 0) is 50.4 Å². The van der Waals surface area contributed by atoms with Crippen LogP contribution in [0, 0.1) is 11.8 Å². The maximum Gasteiger partial charge on any atom is 0.0469 e. The molecular formula is C18H32N2O. The van der Waals surface area contributed by atoms with Crippen molar-refractivity contribution >= 4 is 0 Å². The van der Waals surface area contributed by atoms with Gasteiger partial charge in [-0.1, -0.05) is 19.3 Å². The van der Waals surface area contributed by atoms with Crippen LogP contribution in [0.15, 0.2) is 0 Å². The standard InChI is InChI=1S/C18H32N2O/c1-2-8-18(9-3-1)14-19-17(16-4-5-16)13-20(18)12-15-6-10-21-11-7-15/h15-17,19H,1-14H2. The molecule has 4 rings (SSSR count). The van der Waals surface area contributed by atoms with Crippen LogP contribution in [0.5, 0.6) is 0 Å². The molecule has 0 aromatic heterocycles. The molecule has 120 valence electrons. The summed E-state index contributed by atoms with van der Waals surface area (Å²) in [7, 11) is 0. The molecule has 2 saturated carbocycles. The quantitative estimate of drug-likeness (QED) is 0.865. The molecule has 2 heterocycles. The number of ether oxygens (including phenoxy) is 1. The van der Waals surface area contributed by atoms with E-state index < -0.39 is 0 Å². The summed E-state index contributed by atoms with van der Waals surface area (Å²) in [6.45, 7) is 5.92. The molecule has 0 radical (unpaired) electrons. The first-order valence-electron chi connectivity index (χ1n) is 9.42. The van der Waals surface area contributed by atoms with E-state index in [2.05, 4.69) is 10.2 Å². The predicted octanol–water partition coefficient (Wildman–Crippen LogP) is 2.80. The monoisotopic (exact) mass is 292 g/mol. The van der Waals surface area contributed by atoms with Gasteiger partial charge in [0.1, 0.15) is 0 Å². The highest BCUT2D eigenvalue weighted by molar-refractivity contribution is 5.03. The summed E-state index contributed by atoms with van der Waals surface area (Å²) in [5.41, 5.74) is 0.502. The first kappa shape index (κ1) is 14.5. The van der Waals surface area contributed by atoms with Crippen LogP contribution in [0.4, 0.5) is 0 Å². The molecule has 3 heteroatoms. The number of nitrogens with zero attached hydrogens (tertiary/aromatic N) is 1. The number of rotatable bonds is 3. The van der Waals surface area contributed by atoms with E-state index in [4.69, 9.17) is 4.74 Å². The molecule has 4 fully saturated rings. The van der Waals surface area contributed by atoms with Crippen molar-refractivity contribution in [2.24, 2.45) is 11.8 Å². The largest absolute Gasteiger partial charge is 0.381 e. The van der Waals surface area contributed by atoms with Gasteiger partial charge in [0.25, 0.3) is 0 Å². The third kappa shape index (κ3) is 3.16. The Kier molecular flexibility index (Phi) is 4.25. The number of hydrogen-bond acceptors (Lipinski definition) is 3. The lowest BCUT2D eigenvalue weighted by molar-refractivity contribution is -0.0224. The summed E-state index contributed by atoms with van der Waals surface area (Å²) in [4.78, 5) is 2.95. The van der Waals surface area contributed by atoms with Crippen molar-refractivity contribution in [3.8, 4) is 0 Å². The molecule has 1 N–H and O–H groups in total. The van der Waals surface area contributed by atoms with Gasteiger partial charge in [0, 0.05) is 44.4 Å². The number of hydrogen-bond donors (Lipinski definition) is 1. The van der Waals surface area contributed by atoms with Crippen LogP contribution < -0.4 is 5.32 Å². The average molecular weight is 292 g/mol. The Morgan fingerprint density at radius 2 is 1.76 bits per heavy atom. The molecule has 0 aromatic rings. The van der Waals surface area contributed by atoms with Crippen molar-refractivity contribution in [1.29, 1.82) is 0 Å². The van der Waals surface area contributed by atoms with Gasteiger partial charge in [-0.15, -0.1) is 0 Å². The lowest BCUT2D eigenvalue weighted by atomic mass is 9.77. The van der Waals surface area contributed by atoms with E-state index >= 15 is 0 Å². The lowest BCUT2D eigenvalue weighted by Crippen LogP contribution is -2.66. The third-order valence-corrected chi connectivity index (χ3v) is 6.58. The topological polar surface area (TPSA) is 24.5 Å². The van der Waals surface area contributed by atoms with Crippen LogP contribution >= 0.6 is 0 Å². The molecule has 0 bridgehead atoms. The summed E-state index contributed by atoms with van der Waals surface area (Å²) < 4.78 is 5.56. The highest BCUT2D eigenvalue weighted by atomic mass is 16.5. The molecular weight excluding hydrogens is 260 g/mol. The van der Waals surface area contributed by atoms with Gasteiger partial charge in [0.2, 0.25) is 0 Å². The first-order chi connectivity index (χ1) is 10.4. The minimum Gasteiger partial charge on any atom is -0.381 e. The molecule has 21 heavy (non-hydrogen) atoms. The Morgan fingerprint density at radius 1 is 1.00 bits per heavy atom. The van der Waals surface area contributed by atoms with Gasteiger partial charge < -0.3 is 10.1 Å². The molecule has 4 aliphatic rings. The van der Waals surface area contributed by atoms with E-state index in [1.807, 2.05) is 0 Å². The Bertz CT molecular complexity index is 343. The van der Waals surface area contributed by atoms with Crippen molar-refractivity contribution in [3.63, 3.8) is 0 Å². The predicted molar refractivity (Wildman–Crippen MR) is 85.4 cm³/mol. The summed E-state index contributed by atoms with van der Waals surface area (Å²) in [6, 6.07) is 0.789. The number of piperazine rings is 1. The second-order valence-corrected chi connectivity index (χ2v) is 8.07. The molecule has 3 nitrogen and oxygen atoms in total. The fourth-order valence-electron chi connectivity index (χ4n) is 4.95. The Labute approximate surface area is 129 Å². The maximum absolute atomic E-state index is 5.56. The number of nitrogens with one attached hydrogen (secondary N) is 1. The zero-order valence-electron chi connectivity index (χ0n) is 13.5. The zero-order valence-corrected chi connectivity index (χ0v) is 13.5. The smallest absolute Gasteiger partial charge is 0.0469 e. The van der Waals surface area contributed by atoms with Gasteiger partial charge >= 0.3 is 0 Å². The van der Waals surface area contributed by atoms with Crippen molar-refractivity contribution in [1.82, 2.24) is 10.2 Å². The van der Waals surface area contributed by atoms with Crippen LogP contribution in [0.3, 0.4) is 0 Å². The van der Waals surface area contributed by atoms with Crippen LogP contribution in [0.1, 0.15) is 57.8 Å². The summed E-state index contributed by atoms with van der Waals surface area (Å²) in [5, 5.41) is 3.94. The zero-order chi connectivity index (χ0) is 14.1. The van der Waals surface area contributed by atoms with Crippen LogP contribution in [0.2, 0.25) is 0 Å². The molecule has 2 aliphatic carbocycles. The maximum atomic E-state index is 5.56. The van der Waals surface area contributed by atoms with Crippen molar-refractivity contribution in [2.45, 2.75) is 69.4 Å². The van der Waals surface area contributed by atoms with Gasteiger partial charge in [0.15, 0.2) is 0 Å². The molecule has 0 amide bonds. The average Bonchev–Trinajstić information content (AvgIpc) is 3.37. The molecule has 1 spiro atoms. The van der Waals surface area contributed by atoms with Crippen LogP contribution in [-0.2, 0) is 4.74 Å². The normalized spacial score (nSPS) is 35.1. The Hall–Kier alpha value is -0.120. The van der Waals surface area contributed by atoms with Crippen molar-refractivity contribution < 1.29 is 4.74 Å². The highest BCUT2D eigenvalue weighted by Gasteiger charge is 2.45. The molecule has 1 unspecified atom stereocenters. The molecule has 2 aliphatic heterocycles. The van der Waals surface area contributed by atoms with E-state index in [1.165, 1.54) is 77.4 Å². The van der Waals surface area contributed by atoms with E-state index in [9.17, 15) is 0 Å². The second-order valence-electron chi connectivity index (χ2n) is 8.07. The van der Waals surface area contributed by atoms with Gasteiger partial charge in [0.05, 0.1) is 0 Å². The molecule has 1 atom stereocenters. The van der Waals surface area contributed by atoms with Gasteiger partial charge in [-0.2, -0.15) is 0 Å². The van der Waals surface area contributed by atoms with Gasteiger partial charge in [-0.25, -0.2) is 0 Å². The van der Waals surface area contributed by atoms with Gasteiger partial charge in [-0.3, -0.25) is 4.90 Å². The minimum absolute atomic E-state index is 0.502. The second kappa shape index (κ2) is 6.17. The van der Waals surface area contributed by atoms with E-state index in [1.54, 1.807) is 0 Å². The first-order valence-corrected chi connectivity index (χ1v) is 9.42. The lowest BCUT2D eigenvalue weighted by Gasteiger charge is -2.53. The van der Waals surface area contributed by atoms with Crippen LogP contribution in [-0.4, -0.2) is 49.3 Å². The summed E-state index contributed by atoms with van der Waals surface area (Å²) in [5.74, 6) is 1.87. The van der Waals surface area contributed by atoms with E-state index in [0.717, 1.165) is 31.1 Å². The molecule has 0 aromatic carbocycles. The SMILES string of the molecule is C1CCC2(CC1)CNC(C1CC1)CN2CC1CCOCC1. The van der Waals surface area contributed by atoms with Crippen molar-refractivity contribution in [3.05, 3.63) is 0 Å². The summed E-state index contributed by atoms with van der Waals surface area (Å²) >= 11 is 0. The fraction of sp³-hybridized carbons (Fsp3) is 1.00. The van der Waals surface area contributed by atoms with Crippen molar-refractivity contribution in [2.75, 3.05) is 32.8 Å². The van der Waals surface area contributed by atoms with Crippen LogP contribution in [0.25, 0.3) is 0 Å². The van der Waals surface area contributed by atoms with E-state index in [0.29, 0.717) is 5.54 Å². The Balaban J connectivity index is 1.45. The third-order valence-electron chi connectivity index (χ3n) is 6.58. The Morgan fingerprint density at radius 3 is 2.48 bits per heavy atom. The minimum atomic E-state index is 0.502.